The molecule has 8 rings (SSSR count). The molecule has 6 heterocycles. The van der Waals surface area contributed by atoms with E-state index in [9.17, 15) is 13.6 Å². The molecule has 5 aromatic rings. The Kier molecular flexibility index (Phi) is 9.52. The van der Waals surface area contributed by atoms with E-state index in [2.05, 4.69) is 61.7 Å². The van der Waals surface area contributed by atoms with Crippen molar-refractivity contribution in [3.8, 4) is 17.1 Å². The number of nitrogens with zero attached hydrogens (tertiary/aromatic N) is 8. The topological polar surface area (TPSA) is 96.6 Å². The average molecular weight is 724 g/mol. The van der Waals surface area contributed by atoms with Gasteiger partial charge in [-0.25, -0.2) is 18.4 Å². The molecule has 1 unspecified atom stereocenters. The Bertz CT molecular complexity index is 2120. The molecule has 11 nitrogen and oxygen atoms in total. The predicted molar refractivity (Wildman–Crippen MR) is 203 cm³/mol. The number of anilines is 3. The molecule has 1 N–H and O–H groups in total. The summed E-state index contributed by atoms with van der Waals surface area (Å²) < 4.78 is 37.9. The molecule has 2 saturated heterocycles. The van der Waals surface area contributed by atoms with Gasteiger partial charge in [-0.2, -0.15) is 5.10 Å². The maximum Gasteiger partial charge on any atom is 0.258 e. The number of ether oxygens (including phenoxy) is 1. The van der Waals surface area contributed by atoms with Gasteiger partial charge in [-0.3, -0.25) is 20.0 Å². The van der Waals surface area contributed by atoms with Gasteiger partial charge >= 0.3 is 0 Å². The molecule has 3 aliphatic heterocycles. The van der Waals surface area contributed by atoms with Crippen LogP contribution in [0.2, 0.25) is 0 Å². The maximum atomic E-state index is 13.9. The number of imidazole rings is 1. The minimum atomic E-state index is -0.534. The zero-order chi connectivity index (χ0) is 36.8. The van der Waals surface area contributed by atoms with Crippen molar-refractivity contribution in [3.63, 3.8) is 0 Å². The Balaban J connectivity index is 1.01. The molecule has 3 aromatic heterocycles. The standard InChI is InChI=1S/C40H47F2N9O2/c1-25-6-5-15-53-39-34(22-43-47(39)4)36-17-28(16-26(2)44-36)38(52)46-40-45-35-8-7-32(21-37(35)51(40)23-25)49-13-14-50(27(3)24-49)31-9-11-48(12-10-31)33-19-29(41)18-30(42)20-33/h7-8,16-22,25,27,31H,5-6,9-15,23-24H2,1-4H3,(H,45,46,52)/t25-,27?/m1/s1. The van der Waals surface area contributed by atoms with Crippen molar-refractivity contribution in [2.24, 2.45) is 13.0 Å². The molecule has 2 aromatic carbocycles. The predicted octanol–water partition coefficient (Wildman–Crippen LogP) is 6.66. The van der Waals surface area contributed by atoms with Crippen molar-refractivity contribution in [3.05, 3.63) is 77.6 Å². The van der Waals surface area contributed by atoms with Crippen LogP contribution in [0.5, 0.6) is 5.88 Å². The largest absolute Gasteiger partial charge is 0.477 e. The van der Waals surface area contributed by atoms with Crippen molar-refractivity contribution in [1.29, 1.82) is 0 Å². The second kappa shape index (κ2) is 14.4. The molecule has 2 atom stereocenters. The summed E-state index contributed by atoms with van der Waals surface area (Å²) in [4.78, 5) is 30.7. The van der Waals surface area contributed by atoms with E-state index < -0.39 is 11.6 Å². The molecule has 1 amide bonds. The van der Waals surface area contributed by atoms with Crippen molar-refractivity contribution in [2.75, 3.05) is 54.4 Å². The molecule has 53 heavy (non-hydrogen) atoms. The normalized spacial score (nSPS) is 20.7. The summed E-state index contributed by atoms with van der Waals surface area (Å²) in [5, 5.41) is 7.55. The number of pyridine rings is 1. The van der Waals surface area contributed by atoms with Gasteiger partial charge in [-0.15, -0.1) is 0 Å². The zero-order valence-electron chi connectivity index (χ0n) is 30.9. The molecular weight excluding hydrogens is 676 g/mol. The SMILES string of the molecule is Cc1cc2cc(n1)-c1cnn(C)c1OCCC[C@@H](C)Cn1c(nc3ccc(N4CCN(C5CCN(c6cc(F)cc(F)c6)CC5)C(C)C4)cc31)NC2=O. The molecule has 0 saturated carbocycles. The molecule has 3 aliphatic rings. The number of benzene rings is 2. The van der Waals surface area contributed by atoms with Gasteiger partial charge in [0.2, 0.25) is 11.8 Å². The summed E-state index contributed by atoms with van der Waals surface area (Å²) in [5.74, 6) is 0.152. The summed E-state index contributed by atoms with van der Waals surface area (Å²) in [6.07, 6.45) is 5.44. The average Bonchev–Trinajstić information content (AvgIpc) is 3.67. The van der Waals surface area contributed by atoms with Crippen molar-refractivity contribution in [2.45, 2.75) is 65.1 Å². The van der Waals surface area contributed by atoms with Gasteiger partial charge < -0.3 is 19.1 Å². The van der Waals surface area contributed by atoms with E-state index in [1.807, 2.05) is 14.0 Å². The number of nitrogens with one attached hydrogen (secondary N) is 1. The minimum absolute atomic E-state index is 0.249. The first-order valence-corrected chi connectivity index (χ1v) is 18.8. The van der Waals surface area contributed by atoms with E-state index in [-0.39, 0.29) is 5.91 Å². The van der Waals surface area contributed by atoms with Gasteiger partial charge in [0.1, 0.15) is 11.6 Å². The highest BCUT2D eigenvalue weighted by Gasteiger charge is 2.32. The summed E-state index contributed by atoms with van der Waals surface area (Å²) in [6, 6.07) is 14.5. The van der Waals surface area contributed by atoms with Crippen molar-refractivity contribution in [1.82, 2.24) is 29.2 Å². The number of carbonyl (C=O) groups is 1. The molecule has 13 heteroatoms. The van der Waals surface area contributed by atoms with Crippen LogP contribution in [0.15, 0.2) is 54.7 Å². The van der Waals surface area contributed by atoms with Crippen LogP contribution in [-0.4, -0.2) is 86.5 Å². The summed E-state index contributed by atoms with van der Waals surface area (Å²) >= 11 is 0. The van der Waals surface area contributed by atoms with E-state index >= 15 is 0 Å². The molecular formula is C40H47F2N9O2. The summed E-state index contributed by atoms with van der Waals surface area (Å²) in [7, 11) is 1.85. The quantitative estimate of drug-likeness (QED) is 0.221. The highest BCUT2D eigenvalue weighted by atomic mass is 19.1. The van der Waals surface area contributed by atoms with Crippen LogP contribution in [0.1, 0.15) is 55.6 Å². The van der Waals surface area contributed by atoms with Crippen LogP contribution < -0.4 is 19.9 Å². The number of amides is 1. The van der Waals surface area contributed by atoms with Crippen LogP contribution >= 0.6 is 0 Å². The van der Waals surface area contributed by atoms with E-state index in [1.165, 1.54) is 12.1 Å². The number of hydrogen-bond acceptors (Lipinski definition) is 8. The van der Waals surface area contributed by atoms with Crippen LogP contribution in [0.4, 0.5) is 26.1 Å². The fourth-order valence-electron chi connectivity index (χ4n) is 8.40. The molecule has 0 aliphatic carbocycles. The third kappa shape index (κ3) is 7.18. The van der Waals surface area contributed by atoms with Gasteiger partial charge in [0.05, 0.1) is 35.1 Å². The highest BCUT2D eigenvalue weighted by Crippen LogP contribution is 2.33. The number of fused-ring (bicyclic) bond motifs is 7. The van der Waals surface area contributed by atoms with Gasteiger partial charge in [-0.05, 0) is 87.9 Å². The van der Waals surface area contributed by atoms with Gasteiger partial charge in [0, 0.05) is 87.1 Å². The number of halogens is 2. The number of aromatic nitrogens is 5. The van der Waals surface area contributed by atoms with Crippen molar-refractivity contribution >= 4 is 34.3 Å². The lowest BCUT2D eigenvalue weighted by molar-refractivity contribution is 0.102. The Hall–Kier alpha value is -5.04. The molecule has 278 valence electrons. The minimum Gasteiger partial charge on any atom is -0.477 e. The Morgan fingerprint density at radius 1 is 0.868 bits per heavy atom. The van der Waals surface area contributed by atoms with E-state index in [0.717, 1.165) is 92.5 Å². The van der Waals surface area contributed by atoms with E-state index in [0.29, 0.717) is 59.9 Å². The van der Waals surface area contributed by atoms with Crippen LogP contribution in [-0.2, 0) is 13.6 Å². The molecule has 2 fully saturated rings. The lowest BCUT2D eigenvalue weighted by Crippen LogP contribution is -2.57. The first kappa shape index (κ1) is 35.0. The first-order chi connectivity index (χ1) is 25.6. The number of carbonyl (C=O) groups excluding carboxylic acids is 1. The number of piperazine rings is 1. The number of hydrogen-bond donors (Lipinski definition) is 1. The second-order valence-corrected chi connectivity index (χ2v) is 15.0. The number of piperidine rings is 1. The first-order valence-electron chi connectivity index (χ1n) is 18.8. The fourth-order valence-corrected chi connectivity index (χ4v) is 8.40. The summed E-state index contributed by atoms with van der Waals surface area (Å²) in [5.41, 5.74) is 6.19. The zero-order valence-corrected chi connectivity index (χ0v) is 30.9. The Morgan fingerprint density at radius 2 is 1.66 bits per heavy atom. The highest BCUT2D eigenvalue weighted by molar-refractivity contribution is 6.05. The lowest BCUT2D eigenvalue weighted by Gasteiger charge is -2.47. The third-order valence-electron chi connectivity index (χ3n) is 11.1. The van der Waals surface area contributed by atoms with Gasteiger partial charge in [0.25, 0.3) is 5.91 Å². The Morgan fingerprint density at radius 3 is 2.43 bits per heavy atom. The molecule has 0 radical (unpaired) electrons. The number of aryl methyl sites for hydroxylation is 2. The van der Waals surface area contributed by atoms with Crippen LogP contribution in [0.3, 0.4) is 0 Å². The Labute approximate surface area is 308 Å². The van der Waals surface area contributed by atoms with E-state index in [1.54, 1.807) is 23.0 Å². The van der Waals surface area contributed by atoms with E-state index in [4.69, 9.17) is 14.7 Å². The fraction of sp³-hybridized carbons (Fsp3) is 0.450. The van der Waals surface area contributed by atoms with Crippen molar-refractivity contribution < 1.29 is 18.3 Å². The van der Waals surface area contributed by atoms with Crippen LogP contribution in [0, 0.1) is 24.5 Å². The maximum absolute atomic E-state index is 13.9. The smallest absolute Gasteiger partial charge is 0.258 e. The van der Waals surface area contributed by atoms with Gasteiger partial charge in [-0.1, -0.05) is 6.92 Å². The van der Waals surface area contributed by atoms with Crippen LogP contribution in [0.25, 0.3) is 22.3 Å². The molecule has 2 bridgehead atoms. The van der Waals surface area contributed by atoms with Gasteiger partial charge in [0.15, 0.2) is 0 Å². The monoisotopic (exact) mass is 723 g/mol. The number of rotatable bonds is 3. The third-order valence-corrected chi connectivity index (χ3v) is 11.1. The summed E-state index contributed by atoms with van der Waals surface area (Å²) in [6.45, 7) is 11.9. The molecule has 0 spiro atoms. The second-order valence-electron chi connectivity index (χ2n) is 15.0. The lowest BCUT2D eigenvalue weighted by atomic mass is 9.99.